The van der Waals surface area contributed by atoms with Crippen molar-refractivity contribution in [1.29, 1.82) is 0 Å². The standard InChI is InChI=1S/C10H10ClFN4O/c1-5-7(6(2)17-16-5)3-13-9-8(12)4-14-10(11)15-9/h4H,3H2,1-2H3,(H,13,14,15). The lowest BCUT2D eigenvalue weighted by molar-refractivity contribution is 0.392. The highest BCUT2D eigenvalue weighted by molar-refractivity contribution is 6.28. The van der Waals surface area contributed by atoms with Gasteiger partial charge in [-0.05, 0) is 25.4 Å². The van der Waals surface area contributed by atoms with E-state index in [9.17, 15) is 4.39 Å². The first-order chi connectivity index (χ1) is 8.08. The Kier molecular flexibility index (Phi) is 3.23. The number of rotatable bonds is 3. The number of hydrogen-bond donors (Lipinski definition) is 1. The van der Waals surface area contributed by atoms with Gasteiger partial charge in [-0.2, -0.15) is 4.98 Å². The second-order valence-corrected chi connectivity index (χ2v) is 3.83. The van der Waals surface area contributed by atoms with Crippen LogP contribution in [0.2, 0.25) is 5.28 Å². The summed E-state index contributed by atoms with van der Waals surface area (Å²) >= 11 is 5.58. The van der Waals surface area contributed by atoms with Crippen molar-refractivity contribution in [2.24, 2.45) is 0 Å². The molecule has 2 rings (SSSR count). The Labute approximate surface area is 102 Å². The smallest absolute Gasteiger partial charge is 0.224 e. The second kappa shape index (κ2) is 4.67. The van der Waals surface area contributed by atoms with Crippen molar-refractivity contribution in [2.75, 3.05) is 5.32 Å². The van der Waals surface area contributed by atoms with E-state index in [1.165, 1.54) is 0 Å². The van der Waals surface area contributed by atoms with Gasteiger partial charge in [0, 0.05) is 12.1 Å². The Balaban J connectivity index is 2.15. The molecular formula is C10H10ClFN4O. The van der Waals surface area contributed by atoms with Crippen LogP contribution in [-0.4, -0.2) is 15.1 Å². The number of anilines is 1. The van der Waals surface area contributed by atoms with Gasteiger partial charge in [0.05, 0.1) is 11.9 Å². The third-order valence-electron chi connectivity index (χ3n) is 2.33. The van der Waals surface area contributed by atoms with Crippen LogP contribution in [0.4, 0.5) is 10.2 Å². The predicted molar refractivity (Wildman–Crippen MR) is 60.3 cm³/mol. The molecule has 0 saturated carbocycles. The van der Waals surface area contributed by atoms with E-state index in [0.29, 0.717) is 12.3 Å². The van der Waals surface area contributed by atoms with Gasteiger partial charge in [-0.25, -0.2) is 9.37 Å². The summed E-state index contributed by atoms with van der Waals surface area (Å²) in [6, 6.07) is 0. The SMILES string of the molecule is Cc1noc(C)c1CNc1nc(Cl)ncc1F. The molecule has 0 saturated heterocycles. The average molecular weight is 257 g/mol. The van der Waals surface area contributed by atoms with E-state index in [4.69, 9.17) is 16.1 Å². The molecule has 0 aliphatic heterocycles. The molecule has 0 aliphatic carbocycles. The lowest BCUT2D eigenvalue weighted by atomic mass is 10.2. The fraction of sp³-hybridized carbons (Fsp3) is 0.300. The van der Waals surface area contributed by atoms with Crippen LogP contribution >= 0.6 is 11.6 Å². The van der Waals surface area contributed by atoms with Crippen molar-refractivity contribution in [1.82, 2.24) is 15.1 Å². The molecule has 0 amide bonds. The Hall–Kier alpha value is -1.69. The largest absolute Gasteiger partial charge is 0.363 e. The first-order valence-electron chi connectivity index (χ1n) is 4.91. The molecule has 0 spiro atoms. The molecule has 0 unspecified atom stereocenters. The summed E-state index contributed by atoms with van der Waals surface area (Å²) in [5, 5.41) is 6.62. The molecule has 90 valence electrons. The van der Waals surface area contributed by atoms with Gasteiger partial charge in [0.15, 0.2) is 11.6 Å². The number of aromatic nitrogens is 3. The molecule has 0 atom stereocenters. The van der Waals surface area contributed by atoms with Crippen LogP contribution in [0.5, 0.6) is 0 Å². The maximum atomic E-state index is 13.3. The van der Waals surface area contributed by atoms with Crippen LogP contribution in [0.15, 0.2) is 10.7 Å². The van der Waals surface area contributed by atoms with Crippen LogP contribution < -0.4 is 5.32 Å². The van der Waals surface area contributed by atoms with Crippen molar-refractivity contribution in [3.8, 4) is 0 Å². The topological polar surface area (TPSA) is 63.8 Å². The van der Waals surface area contributed by atoms with E-state index in [1.807, 2.05) is 6.92 Å². The average Bonchev–Trinajstić information content (AvgIpc) is 2.61. The minimum absolute atomic E-state index is 0.00679. The van der Waals surface area contributed by atoms with Crippen LogP contribution in [-0.2, 0) is 6.54 Å². The Bertz CT molecular complexity index is 524. The van der Waals surface area contributed by atoms with E-state index < -0.39 is 5.82 Å². The third kappa shape index (κ3) is 2.52. The van der Waals surface area contributed by atoms with Crippen molar-refractivity contribution < 1.29 is 8.91 Å². The summed E-state index contributed by atoms with van der Waals surface area (Å²) in [5.41, 5.74) is 1.63. The fourth-order valence-corrected chi connectivity index (χ4v) is 1.53. The molecule has 5 nitrogen and oxygen atoms in total. The molecular weight excluding hydrogens is 247 g/mol. The van der Waals surface area contributed by atoms with E-state index >= 15 is 0 Å². The fourth-order valence-electron chi connectivity index (χ4n) is 1.40. The summed E-state index contributed by atoms with van der Waals surface area (Å²) in [6.07, 6.45) is 1.02. The Morgan fingerprint density at radius 3 is 2.88 bits per heavy atom. The van der Waals surface area contributed by atoms with Crippen molar-refractivity contribution in [2.45, 2.75) is 20.4 Å². The highest BCUT2D eigenvalue weighted by Crippen LogP contribution is 2.16. The number of hydrogen-bond acceptors (Lipinski definition) is 5. The molecule has 2 aromatic rings. The number of halogens is 2. The van der Waals surface area contributed by atoms with E-state index in [-0.39, 0.29) is 11.1 Å². The summed E-state index contributed by atoms with van der Waals surface area (Å²) in [6.45, 7) is 3.97. The second-order valence-electron chi connectivity index (χ2n) is 3.49. The quantitative estimate of drug-likeness (QED) is 0.855. The van der Waals surface area contributed by atoms with Crippen molar-refractivity contribution in [3.05, 3.63) is 34.3 Å². The van der Waals surface area contributed by atoms with Gasteiger partial charge >= 0.3 is 0 Å². The van der Waals surface area contributed by atoms with Gasteiger partial charge in [0.2, 0.25) is 5.28 Å². The summed E-state index contributed by atoms with van der Waals surface area (Å²) in [4.78, 5) is 7.28. The van der Waals surface area contributed by atoms with Crippen molar-refractivity contribution >= 4 is 17.4 Å². The van der Waals surface area contributed by atoms with Crippen LogP contribution in [0.1, 0.15) is 17.0 Å². The molecule has 0 aliphatic rings. The normalized spacial score (nSPS) is 10.6. The summed E-state index contributed by atoms with van der Waals surface area (Å²) in [5.74, 6) is 0.196. The van der Waals surface area contributed by atoms with Crippen LogP contribution in [0.25, 0.3) is 0 Å². The van der Waals surface area contributed by atoms with Gasteiger partial charge in [0.1, 0.15) is 5.76 Å². The van der Waals surface area contributed by atoms with E-state index in [1.54, 1.807) is 6.92 Å². The number of nitrogens with one attached hydrogen (secondary N) is 1. The first-order valence-corrected chi connectivity index (χ1v) is 5.29. The lowest BCUT2D eigenvalue weighted by Gasteiger charge is -2.05. The van der Waals surface area contributed by atoms with Gasteiger partial charge in [-0.1, -0.05) is 5.16 Å². The van der Waals surface area contributed by atoms with E-state index in [0.717, 1.165) is 17.5 Å². The maximum absolute atomic E-state index is 13.3. The molecule has 17 heavy (non-hydrogen) atoms. The summed E-state index contributed by atoms with van der Waals surface area (Å²) < 4.78 is 18.3. The van der Waals surface area contributed by atoms with Gasteiger partial charge < -0.3 is 9.84 Å². The zero-order valence-corrected chi connectivity index (χ0v) is 10.0. The Morgan fingerprint density at radius 1 is 1.47 bits per heavy atom. The zero-order chi connectivity index (χ0) is 12.4. The predicted octanol–water partition coefficient (Wildman–Crippen LogP) is 2.49. The molecule has 2 heterocycles. The highest BCUT2D eigenvalue weighted by Gasteiger charge is 2.11. The molecule has 0 fully saturated rings. The van der Waals surface area contributed by atoms with Crippen LogP contribution in [0.3, 0.4) is 0 Å². The van der Waals surface area contributed by atoms with Crippen LogP contribution in [0, 0.1) is 19.7 Å². The molecule has 0 bridgehead atoms. The zero-order valence-electron chi connectivity index (χ0n) is 9.29. The minimum atomic E-state index is -0.554. The van der Waals surface area contributed by atoms with Crippen molar-refractivity contribution in [3.63, 3.8) is 0 Å². The number of nitrogens with zero attached hydrogens (tertiary/aromatic N) is 3. The molecule has 0 aromatic carbocycles. The highest BCUT2D eigenvalue weighted by atomic mass is 35.5. The van der Waals surface area contributed by atoms with E-state index in [2.05, 4.69) is 20.4 Å². The van der Waals surface area contributed by atoms with Gasteiger partial charge in [0.25, 0.3) is 0 Å². The summed E-state index contributed by atoms with van der Waals surface area (Å²) in [7, 11) is 0. The lowest BCUT2D eigenvalue weighted by Crippen LogP contribution is -2.05. The number of aryl methyl sites for hydroxylation is 2. The monoisotopic (exact) mass is 256 g/mol. The molecule has 0 radical (unpaired) electrons. The maximum Gasteiger partial charge on any atom is 0.224 e. The minimum Gasteiger partial charge on any atom is -0.363 e. The van der Waals surface area contributed by atoms with Gasteiger partial charge in [-0.3, -0.25) is 0 Å². The van der Waals surface area contributed by atoms with Gasteiger partial charge in [-0.15, -0.1) is 0 Å². The molecule has 1 N–H and O–H groups in total. The third-order valence-corrected chi connectivity index (χ3v) is 2.51. The molecule has 7 heteroatoms. The molecule has 2 aromatic heterocycles. The Morgan fingerprint density at radius 2 is 2.24 bits per heavy atom. The first kappa shape index (κ1) is 11.8.